The standard InChI is InChI=1S/C28H30N2O4/c1-3-4-5-6-10-17-34-23-15-13-22(14-16-23)26(31)25-20(2)24(18-29)27(32)30(28(25)33)19-21-11-8-7-9-12-21/h7-9,11-16,33H,3-6,10,17,19H2,1-2H3. The molecule has 0 unspecified atom stereocenters. The van der Waals surface area contributed by atoms with Crippen LogP contribution < -0.4 is 10.3 Å². The van der Waals surface area contributed by atoms with Crippen molar-refractivity contribution in [3.8, 4) is 17.7 Å². The van der Waals surface area contributed by atoms with Crippen LogP contribution in [0.2, 0.25) is 0 Å². The number of carbonyl (C=O) groups excluding carboxylic acids is 1. The van der Waals surface area contributed by atoms with Gasteiger partial charge in [-0.05, 0) is 48.7 Å². The predicted molar refractivity (Wildman–Crippen MR) is 131 cm³/mol. The molecule has 0 aliphatic rings. The average Bonchev–Trinajstić information content (AvgIpc) is 2.85. The highest BCUT2D eigenvalue weighted by molar-refractivity contribution is 6.11. The van der Waals surface area contributed by atoms with Crippen LogP contribution in [0, 0.1) is 18.3 Å². The van der Waals surface area contributed by atoms with Crippen LogP contribution in [0.25, 0.3) is 0 Å². The number of hydrogen-bond donors (Lipinski definition) is 1. The van der Waals surface area contributed by atoms with Gasteiger partial charge in [-0.25, -0.2) is 0 Å². The monoisotopic (exact) mass is 458 g/mol. The molecular formula is C28H30N2O4. The van der Waals surface area contributed by atoms with Gasteiger partial charge in [-0.3, -0.25) is 14.2 Å². The largest absolute Gasteiger partial charge is 0.494 e. The van der Waals surface area contributed by atoms with E-state index in [9.17, 15) is 20.0 Å². The molecule has 176 valence electrons. The Morgan fingerprint density at radius 3 is 2.35 bits per heavy atom. The van der Waals surface area contributed by atoms with Gasteiger partial charge in [-0.15, -0.1) is 0 Å². The maximum Gasteiger partial charge on any atom is 0.271 e. The molecule has 0 saturated heterocycles. The zero-order valence-electron chi connectivity index (χ0n) is 19.7. The lowest BCUT2D eigenvalue weighted by molar-refractivity contribution is 0.103. The van der Waals surface area contributed by atoms with Crippen molar-refractivity contribution in [1.82, 2.24) is 4.57 Å². The van der Waals surface area contributed by atoms with E-state index in [0.717, 1.165) is 23.0 Å². The van der Waals surface area contributed by atoms with Crippen molar-refractivity contribution in [2.45, 2.75) is 52.5 Å². The highest BCUT2D eigenvalue weighted by Crippen LogP contribution is 2.26. The number of aromatic hydroxyl groups is 1. The van der Waals surface area contributed by atoms with Crippen LogP contribution in [0.1, 0.15) is 71.6 Å². The summed E-state index contributed by atoms with van der Waals surface area (Å²) in [6.45, 7) is 4.36. The minimum absolute atomic E-state index is 0.0447. The Kier molecular flexibility index (Phi) is 8.64. The quantitative estimate of drug-likeness (QED) is 0.308. The normalized spacial score (nSPS) is 10.6. The van der Waals surface area contributed by atoms with Crippen LogP contribution >= 0.6 is 0 Å². The number of carbonyl (C=O) groups is 1. The molecule has 3 aromatic rings. The Labute approximate surface area is 200 Å². The summed E-state index contributed by atoms with van der Waals surface area (Å²) in [5, 5.41) is 20.5. The lowest BCUT2D eigenvalue weighted by Gasteiger charge is -2.16. The molecule has 0 fully saturated rings. The van der Waals surface area contributed by atoms with Crippen molar-refractivity contribution < 1.29 is 14.6 Å². The fourth-order valence-electron chi connectivity index (χ4n) is 3.88. The average molecular weight is 459 g/mol. The highest BCUT2D eigenvalue weighted by atomic mass is 16.5. The Hall–Kier alpha value is -3.85. The molecule has 2 aromatic carbocycles. The number of hydrogen-bond acceptors (Lipinski definition) is 5. The third kappa shape index (κ3) is 5.74. The van der Waals surface area contributed by atoms with Gasteiger partial charge in [0.05, 0.1) is 18.7 Å². The Bertz CT molecular complexity index is 1220. The summed E-state index contributed by atoms with van der Waals surface area (Å²) in [5.74, 6) is -0.234. The summed E-state index contributed by atoms with van der Waals surface area (Å²) in [6.07, 6.45) is 5.74. The van der Waals surface area contributed by atoms with Gasteiger partial charge < -0.3 is 9.84 Å². The molecule has 0 bridgehead atoms. The third-order valence-electron chi connectivity index (χ3n) is 5.84. The van der Waals surface area contributed by atoms with Crippen molar-refractivity contribution in [3.63, 3.8) is 0 Å². The molecule has 0 spiro atoms. The molecule has 0 atom stereocenters. The number of nitrogens with zero attached hydrogens (tertiary/aromatic N) is 2. The maximum absolute atomic E-state index is 13.3. The Balaban J connectivity index is 1.84. The number of nitriles is 1. The molecule has 0 amide bonds. The van der Waals surface area contributed by atoms with Gasteiger partial charge >= 0.3 is 0 Å². The van der Waals surface area contributed by atoms with Crippen molar-refractivity contribution in [1.29, 1.82) is 5.26 Å². The first-order valence-corrected chi connectivity index (χ1v) is 11.7. The van der Waals surface area contributed by atoms with E-state index in [-0.39, 0.29) is 23.2 Å². The second-order valence-corrected chi connectivity index (χ2v) is 8.30. The summed E-state index contributed by atoms with van der Waals surface area (Å²) in [6, 6.07) is 17.7. The van der Waals surface area contributed by atoms with Crippen LogP contribution in [-0.2, 0) is 6.54 Å². The molecule has 6 nitrogen and oxygen atoms in total. The minimum Gasteiger partial charge on any atom is -0.494 e. The number of unbranched alkanes of at least 4 members (excludes halogenated alkanes) is 4. The van der Waals surface area contributed by atoms with Gasteiger partial charge in [-0.1, -0.05) is 62.9 Å². The first-order valence-electron chi connectivity index (χ1n) is 11.7. The Morgan fingerprint density at radius 1 is 1.03 bits per heavy atom. The van der Waals surface area contributed by atoms with E-state index in [4.69, 9.17) is 4.74 Å². The summed E-state index contributed by atoms with van der Waals surface area (Å²) in [4.78, 5) is 26.2. The van der Waals surface area contributed by atoms with Crippen LogP contribution in [0.15, 0.2) is 59.4 Å². The maximum atomic E-state index is 13.3. The second-order valence-electron chi connectivity index (χ2n) is 8.30. The number of ketones is 1. The molecule has 6 heteroatoms. The topological polar surface area (TPSA) is 92.3 Å². The van der Waals surface area contributed by atoms with Crippen LogP contribution in [0.5, 0.6) is 11.6 Å². The molecule has 0 aliphatic heterocycles. The van der Waals surface area contributed by atoms with Crippen LogP contribution in [0.4, 0.5) is 0 Å². The molecule has 3 rings (SSSR count). The van der Waals surface area contributed by atoms with Gasteiger partial charge in [-0.2, -0.15) is 5.26 Å². The summed E-state index contributed by atoms with van der Waals surface area (Å²) in [7, 11) is 0. The van der Waals surface area contributed by atoms with E-state index in [1.807, 2.05) is 36.4 Å². The second kappa shape index (κ2) is 11.9. The molecule has 1 heterocycles. The summed E-state index contributed by atoms with van der Waals surface area (Å²) in [5.41, 5.74) is 0.453. The van der Waals surface area contributed by atoms with E-state index in [1.165, 1.54) is 26.2 Å². The number of ether oxygens (including phenoxy) is 1. The van der Waals surface area contributed by atoms with Crippen LogP contribution in [0.3, 0.4) is 0 Å². The van der Waals surface area contributed by atoms with Gasteiger partial charge in [0, 0.05) is 5.56 Å². The fourth-order valence-corrected chi connectivity index (χ4v) is 3.88. The summed E-state index contributed by atoms with van der Waals surface area (Å²) < 4.78 is 6.84. The fraction of sp³-hybridized carbons (Fsp3) is 0.321. The Morgan fingerprint density at radius 2 is 1.71 bits per heavy atom. The molecule has 0 radical (unpaired) electrons. The number of aromatic nitrogens is 1. The van der Waals surface area contributed by atoms with E-state index in [1.54, 1.807) is 24.3 Å². The van der Waals surface area contributed by atoms with Gasteiger partial charge in [0.25, 0.3) is 5.56 Å². The van der Waals surface area contributed by atoms with Gasteiger partial charge in [0.1, 0.15) is 17.4 Å². The molecule has 34 heavy (non-hydrogen) atoms. The third-order valence-corrected chi connectivity index (χ3v) is 5.84. The number of pyridine rings is 1. The van der Waals surface area contributed by atoms with Crippen molar-refractivity contribution in [2.24, 2.45) is 0 Å². The van der Waals surface area contributed by atoms with Crippen molar-refractivity contribution in [2.75, 3.05) is 6.61 Å². The van der Waals surface area contributed by atoms with E-state index >= 15 is 0 Å². The van der Waals surface area contributed by atoms with E-state index in [2.05, 4.69) is 6.92 Å². The summed E-state index contributed by atoms with van der Waals surface area (Å²) >= 11 is 0. The van der Waals surface area contributed by atoms with Crippen LogP contribution in [-0.4, -0.2) is 22.1 Å². The lowest BCUT2D eigenvalue weighted by atomic mass is 9.97. The number of rotatable bonds is 11. The van der Waals surface area contributed by atoms with Crippen molar-refractivity contribution >= 4 is 5.78 Å². The molecular weight excluding hydrogens is 428 g/mol. The zero-order valence-corrected chi connectivity index (χ0v) is 19.7. The molecule has 0 saturated carbocycles. The zero-order chi connectivity index (χ0) is 24.5. The first-order chi connectivity index (χ1) is 16.5. The SMILES string of the molecule is CCCCCCCOc1ccc(C(=O)c2c(C)c(C#N)c(=O)n(Cc3ccccc3)c2O)cc1. The predicted octanol–water partition coefficient (Wildman–Crippen LogP) is 5.36. The molecule has 1 N–H and O–H groups in total. The van der Waals surface area contributed by atoms with Gasteiger partial charge in [0.15, 0.2) is 5.78 Å². The minimum atomic E-state index is -0.624. The molecule has 1 aromatic heterocycles. The van der Waals surface area contributed by atoms with Gasteiger partial charge in [0.2, 0.25) is 5.88 Å². The highest BCUT2D eigenvalue weighted by Gasteiger charge is 2.25. The van der Waals surface area contributed by atoms with Crippen molar-refractivity contribution in [3.05, 3.63) is 92.8 Å². The molecule has 0 aliphatic carbocycles. The number of benzene rings is 2. The smallest absolute Gasteiger partial charge is 0.271 e. The van der Waals surface area contributed by atoms with E-state index in [0.29, 0.717) is 17.9 Å². The van der Waals surface area contributed by atoms with E-state index < -0.39 is 17.2 Å². The lowest BCUT2D eigenvalue weighted by Crippen LogP contribution is -2.27. The first kappa shape index (κ1) is 24.8.